The maximum absolute atomic E-state index is 13.8. The van der Waals surface area contributed by atoms with Gasteiger partial charge in [0.15, 0.2) is 17.3 Å². The molecule has 1 atom stereocenters. The zero-order valence-electron chi connectivity index (χ0n) is 21.8. The third-order valence-corrected chi connectivity index (χ3v) is 7.11. The summed E-state index contributed by atoms with van der Waals surface area (Å²) in [6.45, 7) is 2.60. The summed E-state index contributed by atoms with van der Waals surface area (Å²) in [6.07, 6.45) is 0.654. The zero-order chi connectivity index (χ0) is 27.0. The van der Waals surface area contributed by atoms with Gasteiger partial charge in [0.1, 0.15) is 5.76 Å². The van der Waals surface area contributed by atoms with Crippen LogP contribution in [0.5, 0.6) is 23.0 Å². The first-order chi connectivity index (χ1) is 18.4. The van der Waals surface area contributed by atoms with Crippen LogP contribution in [0, 0.1) is 6.92 Å². The van der Waals surface area contributed by atoms with Crippen LogP contribution in [0.4, 0.5) is 0 Å². The molecule has 38 heavy (non-hydrogen) atoms. The van der Waals surface area contributed by atoms with Crippen LogP contribution in [0.15, 0.2) is 51.7 Å². The fraction of sp³-hybridized carbons (Fsp3) is 0.310. The van der Waals surface area contributed by atoms with Gasteiger partial charge in [0.25, 0.3) is 0 Å². The zero-order valence-corrected chi connectivity index (χ0v) is 21.8. The lowest BCUT2D eigenvalue weighted by molar-refractivity contribution is -0.132. The van der Waals surface area contributed by atoms with E-state index >= 15 is 0 Å². The highest BCUT2D eigenvalue weighted by Crippen LogP contribution is 2.46. The molecule has 9 heteroatoms. The smallest absolute Gasteiger partial charge is 0.227 e. The van der Waals surface area contributed by atoms with Gasteiger partial charge in [-0.05, 0) is 31.0 Å². The first-order valence-electron chi connectivity index (χ1n) is 12.3. The van der Waals surface area contributed by atoms with Gasteiger partial charge < -0.3 is 33.6 Å². The van der Waals surface area contributed by atoms with Gasteiger partial charge in [-0.15, -0.1) is 0 Å². The first-order valence-corrected chi connectivity index (χ1v) is 12.3. The van der Waals surface area contributed by atoms with Crippen LogP contribution in [0.1, 0.15) is 40.7 Å². The number of nitrogens with zero attached hydrogens (tertiary/aromatic N) is 1. The molecular formula is C29H30N2O7. The van der Waals surface area contributed by atoms with Gasteiger partial charge in [-0.25, -0.2) is 0 Å². The maximum atomic E-state index is 13.8. The molecular weight excluding hydrogens is 488 g/mol. The van der Waals surface area contributed by atoms with E-state index in [4.69, 9.17) is 18.6 Å². The van der Waals surface area contributed by atoms with Gasteiger partial charge in [-0.1, -0.05) is 24.3 Å². The molecule has 2 aromatic carbocycles. The van der Waals surface area contributed by atoms with Crippen LogP contribution in [0.25, 0.3) is 10.9 Å². The number of benzene rings is 2. The predicted molar refractivity (Wildman–Crippen MR) is 141 cm³/mol. The van der Waals surface area contributed by atoms with Crippen molar-refractivity contribution >= 4 is 16.8 Å². The monoisotopic (exact) mass is 518 g/mol. The number of aromatic amines is 1. The number of para-hydroxylation sites is 1. The molecule has 0 saturated carbocycles. The summed E-state index contributed by atoms with van der Waals surface area (Å²) in [5.74, 6) is -0.103. The predicted octanol–water partition coefficient (Wildman–Crippen LogP) is 4.27. The lowest BCUT2D eigenvalue weighted by Gasteiger charge is -2.29. The Morgan fingerprint density at radius 1 is 1.11 bits per heavy atom. The number of aromatic nitrogens is 1. The highest BCUT2D eigenvalue weighted by atomic mass is 16.5. The Kier molecular flexibility index (Phi) is 6.75. The summed E-state index contributed by atoms with van der Waals surface area (Å²) in [4.78, 5) is 31.5. The van der Waals surface area contributed by atoms with Gasteiger partial charge in [-0.3, -0.25) is 9.59 Å². The first kappa shape index (κ1) is 25.3. The average Bonchev–Trinajstić information content (AvgIpc) is 3.30. The van der Waals surface area contributed by atoms with E-state index in [-0.39, 0.29) is 18.1 Å². The topological polar surface area (TPSA) is 114 Å². The van der Waals surface area contributed by atoms with E-state index in [9.17, 15) is 14.7 Å². The number of aryl methyl sites for hydroxylation is 1. The number of methoxy groups -OCH3 is 3. The number of H-pyrrole nitrogens is 1. The van der Waals surface area contributed by atoms with Crippen molar-refractivity contribution in [1.82, 2.24) is 9.88 Å². The van der Waals surface area contributed by atoms with E-state index in [1.54, 1.807) is 24.0 Å². The number of carbonyl (C=O) groups excluding carboxylic acids is 1. The Morgan fingerprint density at radius 2 is 1.87 bits per heavy atom. The Morgan fingerprint density at radius 3 is 2.61 bits per heavy atom. The highest BCUT2D eigenvalue weighted by molar-refractivity contribution is 5.86. The normalized spacial score (nSPS) is 13.7. The van der Waals surface area contributed by atoms with Crippen molar-refractivity contribution in [1.29, 1.82) is 0 Å². The summed E-state index contributed by atoms with van der Waals surface area (Å²) in [6, 6.07) is 12.7. The second-order valence-electron chi connectivity index (χ2n) is 9.31. The maximum Gasteiger partial charge on any atom is 0.227 e. The number of amides is 1. The number of rotatable bonds is 7. The Hall–Kier alpha value is -4.40. The van der Waals surface area contributed by atoms with Crippen LogP contribution < -0.4 is 19.6 Å². The average molecular weight is 519 g/mol. The van der Waals surface area contributed by atoms with Crippen LogP contribution in [-0.2, 0) is 17.8 Å². The number of nitrogens with one attached hydrogen (secondary N) is 1. The largest absolute Gasteiger partial charge is 0.502 e. The molecule has 3 heterocycles. The van der Waals surface area contributed by atoms with Crippen molar-refractivity contribution in [2.75, 3.05) is 27.9 Å². The molecule has 2 N–H and O–H groups in total. The second kappa shape index (κ2) is 10.2. The van der Waals surface area contributed by atoms with Crippen molar-refractivity contribution < 1.29 is 28.5 Å². The van der Waals surface area contributed by atoms with Gasteiger partial charge in [-0.2, -0.15) is 0 Å². The fourth-order valence-corrected chi connectivity index (χ4v) is 5.31. The molecule has 0 bridgehead atoms. The molecule has 0 saturated heterocycles. The minimum Gasteiger partial charge on any atom is -0.502 e. The van der Waals surface area contributed by atoms with E-state index in [0.717, 1.165) is 17.6 Å². The highest BCUT2D eigenvalue weighted by Gasteiger charge is 2.33. The summed E-state index contributed by atoms with van der Waals surface area (Å²) in [7, 11) is 4.48. The van der Waals surface area contributed by atoms with Crippen LogP contribution in [-0.4, -0.2) is 48.8 Å². The van der Waals surface area contributed by atoms with Gasteiger partial charge in [0.2, 0.25) is 22.8 Å². The molecule has 9 nitrogen and oxygen atoms in total. The second-order valence-corrected chi connectivity index (χ2v) is 9.31. The van der Waals surface area contributed by atoms with E-state index in [1.807, 2.05) is 18.2 Å². The molecule has 1 aliphatic heterocycles. The number of fused-ring (bicyclic) bond motifs is 3. The van der Waals surface area contributed by atoms with Gasteiger partial charge in [0, 0.05) is 41.2 Å². The Bertz CT molecular complexity index is 1570. The molecule has 0 radical (unpaired) electrons. The minimum atomic E-state index is -0.825. The quantitative estimate of drug-likeness (QED) is 0.376. The molecule has 198 valence electrons. The van der Waals surface area contributed by atoms with E-state index in [2.05, 4.69) is 11.1 Å². The van der Waals surface area contributed by atoms with Crippen molar-refractivity contribution in [2.45, 2.75) is 32.2 Å². The number of hydrogen-bond donors (Lipinski definition) is 2. The third-order valence-electron chi connectivity index (χ3n) is 7.11. The molecule has 0 aliphatic carbocycles. The van der Waals surface area contributed by atoms with E-state index < -0.39 is 17.1 Å². The molecule has 0 fully saturated rings. The van der Waals surface area contributed by atoms with E-state index in [0.29, 0.717) is 41.7 Å². The van der Waals surface area contributed by atoms with Crippen LogP contribution in [0.3, 0.4) is 0 Å². The van der Waals surface area contributed by atoms with Crippen molar-refractivity contribution in [3.8, 4) is 23.0 Å². The molecule has 0 unspecified atom stereocenters. The number of ether oxygens (including phenoxy) is 3. The fourth-order valence-electron chi connectivity index (χ4n) is 5.31. The van der Waals surface area contributed by atoms with E-state index in [1.165, 1.54) is 38.3 Å². The summed E-state index contributed by atoms with van der Waals surface area (Å²) >= 11 is 0. The van der Waals surface area contributed by atoms with Crippen molar-refractivity contribution in [3.63, 3.8) is 0 Å². The molecule has 1 amide bonds. The third kappa shape index (κ3) is 4.34. The van der Waals surface area contributed by atoms with Crippen molar-refractivity contribution in [2.24, 2.45) is 0 Å². The molecule has 0 spiro atoms. The van der Waals surface area contributed by atoms with Gasteiger partial charge in [0.05, 0.1) is 33.8 Å². The molecule has 5 rings (SSSR count). The van der Waals surface area contributed by atoms with Crippen LogP contribution in [0.2, 0.25) is 0 Å². The molecule has 2 aromatic heterocycles. The SMILES string of the molecule is COc1ccc([C@@H](CC(=O)N2CCc3c([nH]c4ccccc34)C2)c2oc(C)cc(=O)c2O)c(OC)c1OC. The molecule has 4 aromatic rings. The summed E-state index contributed by atoms with van der Waals surface area (Å²) in [5, 5.41) is 11.9. The van der Waals surface area contributed by atoms with Crippen molar-refractivity contribution in [3.05, 3.63) is 81.0 Å². The number of aromatic hydroxyl groups is 1. The lowest BCUT2D eigenvalue weighted by Crippen LogP contribution is -2.36. The standard InChI is InChI=1S/C29H30N2O7/c1-16-13-23(32)26(34)27(38-16)20(19-9-10-24(35-2)29(37-4)28(19)36-3)14-25(33)31-12-11-18-17-7-5-6-8-21(17)30-22(18)15-31/h5-10,13,20,30,34H,11-12,14-15H2,1-4H3/t20-/m1/s1. The summed E-state index contributed by atoms with van der Waals surface area (Å²) < 4.78 is 22.5. The Labute approximate surface area is 219 Å². The summed E-state index contributed by atoms with van der Waals surface area (Å²) in [5.41, 5.74) is 3.22. The Balaban J connectivity index is 1.55. The molecule has 1 aliphatic rings. The number of carbonyl (C=O) groups is 1. The number of hydrogen-bond acceptors (Lipinski definition) is 7. The minimum absolute atomic E-state index is 0.00261. The van der Waals surface area contributed by atoms with Gasteiger partial charge >= 0.3 is 0 Å². The lowest BCUT2D eigenvalue weighted by atomic mass is 9.90. The van der Waals surface area contributed by atoms with Crippen LogP contribution >= 0.6 is 0 Å².